The Morgan fingerprint density at radius 2 is 1.30 bits per heavy atom. The Bertz CT molecular complexity index is 2710. The Hall–Kier alpha value is -6.26. The van der Waals surface area contributed by atoms with Gasteiger partial charge in [0.15, 0.2) is 0 Å². The van der Waals surface area contributed by atoms with E-state index in [4.69, 9.17) is 9.97 Å². The number of benzene rings is 6. The van der Waals surface area contributed by atoms with Crippen molar-refractivity contribution in [1.82, 2.24) is 19.1 Å². The number of rotatable bonds is 5. The third kappa shape index (κ3) is 4.08. The maximum Gasteiger partial charge on any atom is 0.235 e. The van der Waals surface area contributed by atoms with Crippen LogP contribution in [0, 0.1) is 0 Å². The molecule has 0 spiro atoms. The molecule has 0 atom stereocenters. The lowest BCUT2D eigenvalue weighted by atomic mass is 10.1. The largest absolute Gasteiger partial charge is 0.307 e. The minimum atomic E-state index is 0.612. The Balaban J connectivity index is 1.49. The molecule has 0 N–H and O–H groups in total. The van der Waals surface area contributed by atoms with E-state index in [9.17, 15) is 0 Å². The van der Waals surface area contributed by atoms with Gasteiger partial charge in [-0.05, 0) is 48.0 Å². The van der Waals surface area contributed by atoms with E-state index >= 15 is 0 Å². The first-order valence-electron chi connectivity index (χ1n) is 15.9. The van der Waals surface area contributed by atoms with Crippen LogP contribution in [0.15, 0.2) is 146 Å². The van der Waals surface area contributed by atoms with Crippen molar-refractivity contribution in [2.45, 2.75) is 6.92 Å². The van der Waals surface area contributed by atoms with E-state index in [1.54, 1.807) is 0 Å². The maximum atomic E-state index is 5.35. The van der Waals surface area contributed by atoms with E-state index in [-0.39, 0.29) is 0 Å². The minimum absolute atomic E-state index is 0.612. The number of para-hydroxylation sites is 2. The fraction of sp³-hybridized carbons (Fsp3) is 0.0233. The van der Waals surface area contributed by atoms with Crippen molar-refractivity contribution < 1.29 is 0 Å². The summed E-state index contributed by atoms with van der Waals surface area (Å²) in [5, 5.41) is 6.92. The molecule has 3 aromatic heterocycles. The van der Waals surface area contributed by atoms with Crippen LogP contribution in [0.2, 0.25) is 0 Å². The SMILES string of the molecule is C=Cc1c(/C=C\C)c2ccc3c4ccccc4n(-c4ccc5ccccc5c4)c3c2n1-c1nc(-c2ccccc2)c2ccccc2n1. The number of aromatic nitrogens is 4. The van der Waals surface area contributed by atoms with Gasteiger partial charge in [-0.15, -0.1) is 0 Å². The van der Waals surface area contributed by atoms with Crippen molar-refractivity contribution in [3.05, 3.63) is 157 Å². The Morgan fingerprint density at radius 3 is 2.13 bits per heavy atom. The minimum Gasteiger partial charge on any atom is -0.307 e. The standard InChI is InChI=1S/C43H30N4/c1-3-14-32-34-25-26-35-33-19-11-13-22-39(33)46(31-24-23-28-15-8-9-18-30(28)27-31)41(35)42(34)47(38(32)4-2)43-44-37-21-12-10-20-36(37)40(45-43)29-16-6-5-7-17-29/h3-27H,2H2,1H3/b14-3-. The summed E-state index contributed by atoms with van der Waals surface area (Å²) in [5.41, 5.74) is 9.29. The van der Waals surface area contributed by atoms with Crippen molar-refractivity contribution in [1.29, 1.82) is 0 Å². The highest BCUT2D eigenvalue weighted by Gasteiger charge is 2.24. The van der Waals surface area contributed by atoms with Crippen LogP contribution in [0.5, 0.6) is 0 Å². The molecular weight excluding hydrogens is 573 g/mol. The van der Waals surface area contributed by atoms with Crippen LogP contribution in [-0.2, 0) is 0 Å². The van der Waals surface area contributed by atoms with Gasteiger partial charge in [-0.1, -0.05) is 128 Å². The van der Waals surface area contributed by atoms with Gasteiger partial charge in [0.1, 0.15) is 0 Å². The second kappa shape index (κ2) is 10.7. The molecule has 0 aliphatic carbocycles. The molecule has 0 saturated carbocycles. The first-order valence-corrected chi connectivity index (χ1v) is 15.9. The fourth-order valence-corrected chi connectivity index (χ4v) is 7.18. The molecule has 9 aromatic rings. The molecule has 47 heavy (non-hydrogen) atoms. The quantitative estimate of drug-likeness (QED) is 0.196. The summed E-state index contributed by atoms with van der Waals surface area (Å²) < 4.78 is 4.62. The molecule has 0 aliphatic heterocycles. The normalized spacial score (nSPS) is 11.9. The summed E-state index contributed by atoms with van der Waals surface area (Å²) in [5.74, 6) is 0.612. The highest BCUT2D eigenvalue weighted by molar-refractivity contribution is 6.20. The van der Waals surface area contributed by atoms with Gasteiger partial charge in [0.05, 0.1) is 33.5 Å². The molecule has 222 valence electrons. The number of fused-ring (bicyclic) bond motifs is 7. The van der Waals surface area contributed by atoms with Crippen molar-refractivity contribution >= 4 is 66.5 Å². The molecule has 0 aliphatic rings. The Kier molecular flexibility index (Phi) is 6.15. The van der Waals surface area contributed by atoms with Crippen LogP contribution in [0.4, 0.5) is 0 Å². The molecule has 0 saturated heterocycles. The van der Waals surface area contributed by atoms with E-state index in [1.165, 1.54) is 21.5 Å². The van der Waals surface area contributed by atoms with Crippen LogP contribution in [0.3, 0.4) is 0 Å². The molecule has 0 fully saturated rings. The number of hydrogen-bond donors (Lipinski definition) is 0. The maximum absolute atomic E-state index is 5.35. The average molecular weight is 603 g/mol. The molecule has 3 heterocycles. The van der Waals surface area contributed by atoms with Crippen LogP contribution in [-0.4, -0.2) is 19.1 Å². The number of nitrogens with zero attached hydrogens (tertiary/aromatic N) is 4. The molecule has 4 nitrogen and oxygen atoms in total. The van der Waals surface area contributed by atoms with Gasteiger partial charge in [-0.3, -0.25) is 4.57 Å². The molecular formula is C43H30N4. The topological polar surface area (TPSA) is 35.6 Å². The van der Waals surface area contributed by atoms with Gasteiger partial charge in [0.2, 0.25) is 5.95 Å². The second-order valence-corrected chi connectivity index (χ2v) is 11.8. The number of hydrogen-bond acceptors (Lipinski definition) is 2. The average Bonchev–Trinajstić information content (AvgIpc) is 3.64. The van der Waals surface area contributed by atoms with E-state index in [0.717, 1.165) is 61.0 Å². The molecule has 9 rings (SSSR count). The molecule has 0 amide bonds. The highest BCUT2D eigenvalue weighted by atomic mass is 15.2. The summed E-state index contributed by atoms with van der Waals surface area (Å²) in [7, 11) is 0. The van der Waals surface area contributed by atoms with Gasteiger partial charge in [0, 0.05) is 38.4 Å². The molecule has 0 radical (unpaired) electrons. The molecule has 4 heteroatoms. The van der Waals surface area contributed by atoms with Crippen LogP contribution < -0.4 is 0 Å². The summed E-state index contributed by atoms with van der Waals surface area (Å²) in [6.07, 6.45) is 6.20. The van der Waals surface area contributed by atoms with Gasteiger partial charge < -0.3 is 4.57 Å². The summed E-state index contributed by atoms with van der Waals surface area (Å²) in [4.78, 5) is 10.6. The zero-order chi connectivity index (χ0) is 31.5. The fourth-order valence-electron chi connectivity index (χ4n) is 7.18. The first kappa shape index (κ1) is 27.1. The van der Waals surface area contributed by atoms with Crippen molar-refractivity contribution in [2.75, 3.05) is 0 Å². The molecule has 6 aromatic carbocycles. The smallest absolute Gasteiger partial charge is 0.235 e. The third-order valence-electron chi connectivity index (χ3n) is 9.20. The van der Waals surface area contributed by atoms with Crippen molar-refractivity contribution in [2.24, 2.45) is 0 Å². The van der Waals surface area contributed by atoms with Gasteiger partial charge >= 0.3 is 0 Å². The van der Waals surface area contributed by atoms with E-state index in [1.807, 2.05) is 24.3 Å². The highest BCUT2D eigenvalue weighted by Crippen LogP contribution is 2.42. The predicted molar refractivity (Wildman–Crippen MR) is 198 cm³/mol. The molecule has 0 unspecified atom stereocenters. The van der Waals surface area contributed by atoms with Gasteiger partial charge in [-0.2, -0.15) is 0 Å². The Morgan fingerprint density at radius 1 is 0.596 bits per heavy atom. The van der Waals surface area contributed by atoms with Crippen LogP contribution in [0.25, 0.3) is 89.4 Å². The third-order valence-corrected chi connectivity index (χ3v) is 9.20. The van der Waals surface area contributed by atoms with Gasteiger partial charge in [-0.25, -0.2) is 9.97 Å². The summed E-state index contributed by atoms with van der Waals surface area (Å²) in [6, 6.07) is 47.1. The summed E-state index contributed by atoms with van der Waals surface area (Å²) >= 11 is 0. The second-order valence-electron chi connectivity index (χ2n) is 11.8. The van der Waals surface area contributed by atoms with E-state index < -0.39 is 0 Å². The molecule has 0 bridgehead atoms. The summed E-state index contributed by atoms with van der Waals surface area (Å²) in [6.45, 7) is 6.37. The predicted octanol–water partition coefficient (Wildman–Crippen LogP) is 11.2. The lowest BCUT2D eigenvalue weighted by Crippen LogP contribution is -2.06. The van der Waals surface area contributed by atoms with E-state index in [2.05, 4.69) is 150 Å². The lowest BCUT2D eigenvalue weighted by molar-refractivity contribution is 0.972. The van der Waals surface area contributed by atoms with Crippen LogP contribution >= 0.6 is 0 Å². The first-order chi connectivity index (χ1) is 23.2. The Labute approximate surface area is 272 Å². The lowest BCUT2D eigenvalue weighted by Gasteiger charge is -2.14. The van der Waals surface area contributed by atoms with Crippen molar-refractivity contribution in [3.63, 3.8) is 0 Å². The zero-order valence-electron chi connectivity index (χ0n) is 25.9. The monoisotopic (exact) mass is 602 g/mol. The van der Waals surface area contributed by atoms with E-state index in [0.29, 0.717) is 5.95 Å². The zero-order valence-corrected chi connectivity index (χ0v) is 25.9. The van der Waals surface area contributed by atoms with Gasteiger partial charge in [0.25, 0.3) is 0 Å². The van der Waals surface area contributed by atoms with Crippen LogP contribution in [0.1, 0.15) is 18.2 Å². The van der Waals surface area contributed by atoms with Crippen molar-refractivity contribution in [3.8, 4) is 22.9 Å². The number of allylic oxidation sites excluding steroid dienone is 1.